The highest BCUT2D eigenvalue weighted by molar-refractivity contribution is 6.17. The zero-order valence-corrected chi connectivity index (χ0v) is 30.1. The van der Waals surface area contributed by atoms with Gasteiger partial charge in [0.1, 0.15) is 22.3 Å². The Hall–Kier alpha value is -7.63. The van der Waals surface area contributed by atoms with Crippen molar-refractivity contribution in [2.45, 2.75) is 0 Å². The van der Waals surface area contributed by atoms with Gasteiger partial charge in [-0.15, -0.1) is 0 Å². The third-order valence-corrected chi connectivity index (χ3v) is 10.6. The van der Waals surface area contributed by atoms with E-state index in [9.17, 15) is 0 Å². The highest BCUT2D eigenvalue weighted by Gasteiger charge is 2.19. The molecule has 11 rings (SSSR count). The van der Waals surface area contributed by atoms with E-state index in [1.165, 1.54) is 0 Å². The summed E-state index contributed by atoms with van der Waals surface area (Å²) in [4.78, 5) is 14.5. The Morgan fingerprint density at radius 1 is 0.357 bits per heavy atom. The van der Waals surface area contributed by atoms with Crippen molar-refractivity contribution in [2.24, 2.45) is 0 Å². The van der Waals surface area contributed by atoms with Gasteiger partial charge in [-0.2, -0.15) is 0 Å². The number of benzene rings is 7. The Bertz CT molecular complexity index is 3240. The molecule has 7 aromatic carbocycles. The molecule has 56 heavy (non-hydrogen) atoms. The molecule has 5 heteroatoms. The van der Waals surface area contributed by atoms with Crippen molar-refractivity contribution in [2.75, 3.05) is 0 Å². The van der Waals surface area contributed by atoms with Crippen LogP contribution in [0.1, 0.15) is 0 Å². The third-order valence-electron chi connectivity index (χ3n) is 10.6. The molecule has 0 saturated heterocycles. The standard InChI is InChI=1S/C51H31N3O2/c1-2-10-33(11-3-1)44-30-45(54-51(53-44)37-13-8-12-35(28-37)38-14-9-27-52-31-38)34-21-19-32(20-22-34)39-25-26-40(50-49(39)43-16-5-7-18-47(43)56-50)36-23-24-42-41-15-4-6-17-46(41)55-48(42)29-36/h1-31H. The van der Waals surface area contributed by atoms with Gasteiger partial charge in [0.2, 0.25) is 0 Å². The molecule has 0 aliphatic rings. The minimum absolute atomic E-state index is 0.666. The summed E-state index contributed by atoms with van der Waals surface area (Å²) >= 11 is 0. The van der Waals surface area contributed by atoms with E-state index in [-0.39, 0.29) is 0 Å². The van der Waals surface area contributed by atoms with Crippen LogP contribution in [-0.2, 0) is 0 Å². The van der Waals surface area contributed by atoms with E-state index in [2.05, 4.69) is 120 Å². The van der Waals surface area contributed by atoms with Crippen LogP contribution in [0.15, 0.2) is 197 Å². The number of para-hydroxylation sites is 2. The molecule has 5 nitrogen and oxygen atoms in total. The second-order valence-corrected chi connectivity index (χ2v) is 14.0. The monoisotopic (exact) mass is 717 g/mol. The quantitative estimate of drug-likeness (QED) is 0.171. The van der Waals surface area contributed by atoms with Gasteiger partial charge in [-0.3, -0.25) is 4.98 Å². The molecular weight excluding hydrogens is 687 g/mol. The molecular formula is C51H31N3O2. The predicted octanol–water partition coefficient (Wildman–Crippen LogP) is 13.7. The first-order valence-corrected chi connectivity index (χ1v) is 18.7. The van der Waals surface area contributed by atoms with Crippen molar-refractivity contribution in [3.05, 3.63) is 188 Å². The van der Waals surface area contributed by atoms with Gasteiger partial charge in [-0.25, -0.2) is 9.97 Å². The fourth-order valence-corrected chi connectivity index (χ4v) is 7.86. The zero-order chi connectivity index (χ0) is 37.0. The first-order valence-electron chi connectivity index (χ1n) is 18.7. The summed E-state index contributed by atoms with van der Waals surface area (Å²) in [6.45, 7) is 0. The van der Waals surface area contributed by atoms with Crippen LogP contribution in [0.2, 0.25) is 0 Å². The first-order chi connectivity index (χ1) is 27.7. The second kappa shape index (κ2) is 13.0. The molecule has 262 valence electrons. The van der Waals surface area contributed by atoms with Gasteiger partial charge in [0.05, 0.1) is 11.4 Å². The van der Waals surface area contributed by atoms with Crippen LogP contribution < -0.4 is 0 Å². The van der Waals surface area contributed by atoms with Crippen molar-refractivity contribution in [1.82, 2.24) is 15.0 Å². The summed E-state index contributed by atoms with van der Waals surface area (Å²) in [6, 6.07) is 60.6. The highest BCUT2D eigenvalue weighted by atomic mass is 16.3. The van der Waals surface area contributed by atoms with E-state index in [0.717, 1.165) is 105 Å². The summed E-state index contributed by atoms with van der Waals surface area (Å²) < 4.78 is 12.9. The topological polar surface area (TPSA) is 65.0 Å². The van der Waals surface area contributed by atoms with Gasteiger partial charge < -0.3 is 8.83 Å². The number of aromatic nitrogens is 3. The highest BCUT2D eigenvalue weighted by Crippen LogP contribution is 2.43. The molecule has 0 spiro atoms. The Balaban J connectivity index is 1.02. The van der Waals surface area contributed by atoms with Gasteiger partial charge in [0, 0.05) is 61.8 Å². The third kappa shape index (κ3) is 5.45. The molecule has 11 aromatic rings. The lowest BCUT2D eigenvalue weighted by Crippen LogP contribution is -1.96. The van der Waals surface area contributed by atoms with E-state index in [1.807, 2.05) is 66.9 Å². The van der Waals surface area contributed by atoms with Crippen LogP contribution in [0.4, 0.5) is 0 Å². The Kier molecular flexibility index (Phi) is 7.42. The van der Waals surface area contributed by atoms with Crippen molar-refractivity contribution in [3.63, 3.8) is 0 Å². The number of nitrogens with zero attached hydrogens (tertiary/aromatic N) is 3. The average Bonchev–Trinajstić information content (AvgIpc) is 3.85. The van der Waals surface area contributed by atoms with Crippen LogP contribution in [-0.4, -0.2) is 15.0 Å². The number of hydrogen-bond acceptors (Lipinski definition) is 5. The summed E-state index contributed by atoms with van der Waals surface area (Å²) in [5, 5.41) is 4.38. The molecule has 0 unspecified atom stereocenters. The lowest BCUT2D eigenvalue weighted by Gasteiger charge is -2.12. The van der Waals surface area contributed by atoms with Crippen molar-refractivity contribution < 1.29 is 8.83 Å². The number of fused-ring (bicyclic) bond motifs is 6. The summed E-state index contributed by atoms with van der Waals surface area (Å²) in [5.74, 6) is 0.666. The number of hydrogen-bond donors (Lipinski definition) is 0. The SMILES string of the molecule is c1ccc(-c2cc(-c3ccc(-c4ccc(-c5ccc6c(c5)oc5ccccc56)c5oc6ccccc6c45)cc3)nc(-c3cccc(-c4cccnc4)c3)n2)cc1. The molecule has 0 radical (unpaired) electrons. The van der Waals surface area contributed by atoms with E-state index in [0.29, 0.717) is 5.82 Å². The number of pyridine rings is 1. The molecule has 0 N–H and O–H groups in total. The van der Waals surface area contributed by atoms with E-state index in [1.54, 1.807) is 6.20 Å². The number of rotatable bonds is 6. The number of furan rings is 2. The largest absolute Gasteiger partial charge is 0.456 e. The predicted molar refractivity (Wildman–Crippen MR) is 227 cm³/mol. The molecule has 0 amide bonds. The van der Waals surface area contributed by atoms with Crippen LogP contribution in [0.5, 0.6) is 0 Å². The molecule has 0 saturated carbocycles. The minimum atomic E-state index is 0.666. The molecule has 4 aromatic heterocycles. The molecule has 0 bridgehead atoms. The smallest absolute Gasteiger partial charge is 0.160 e. The van der Waals surface area contributed by atoms with Gasteiger partial charge in [0.15, 0.2) is 5.82 Å². The maximum Gasteiger partial charge on any atom is 0.160 e. The summed E-state index contributed by atoms with van der Waals surface area (Å²) in [7, 11) is 0. The van der Waals surface area contributed by atoms with Crippen LogP contribution >= 0.6 is 0 Å². The zero-order valence-electron chi connectivity index (χ0n) is 30.1. The van der Waals surface area contributed by atoms with E-state index in [4.69, 9.17) is 18.8 Å². The Morgan fingerprint density at radius 3 is 1.79 bits per heavy atom. The fourth-order valence-electron chi connectivity index (χ4n) is 7.86. The summed E-state index contributed by atoms with van der Waals surface area (Å²) in [5.41, 5.74) is 14.5. The molecule has 0 aliphatic heterocycles. The van der Waals surface area contributed by atoms with Gasteiger partial charge in [0.25, 0.3) is 0 Å². The Labute approximate surface area is 322 Å². The van der Waals surface area contributed by atoms with Crippen LogP contribution in [0.25, 0.3) is 111 Å². The average molecular weight is 718 g/mol. The fraction of sp³-hybridized carbons (Fsp3) is 0. The van der Waals surface area contributed by atoms with Crippen molar-refractivity contribution in [1.29, 1.82) is 0 Å². The van der Waals surface area contributed by atoms with Gasteiger partial charge in [-0.1, -0.05) is 127 Å². The minimum Gasteiger partial charge on any atom is -0.456 e. The van der Waals surface area contributed by atoms with E-state index < -0.39 is 0 Å². The van der Waals surface area contributed by atoms with Gasteiger partial charge >= 0.3 is 0 Å². The Morgan fingerprint density at radius 2 is 0.982 bits per heavy atom. The maximum absolute atomic E-state index is 6.66. The maximum atomic E-state index is 6.66. The lowest BCUT2D eigenvalue weighted by molar-refractivity contribution is 0.668. The van der Waals surface area contributed by atoms with E-state index >= 15 is 0 Å². The van der Waals surface area contributed by atoms with Crippen molar-refractivity contribution >= 4 is 43.9 Å². The van der Waals surface area contributed by atoms with Crippen molar-refractivity contribution in [3.8, 4) is 67.3 Å². The molecule has 0 aliphatic carbocycles. The molecule has 0 atom stereocenters. The normalized spacial score (nSPS) is 11.6. The lowest BCUT2D eigenvalue weighted by atomic mass is 9.93. The molecule has 4 heterocycles. The summed E-state index contributed by atoms with van der Waals surface area (Å²) in [6.07, 6.45) is 3.67. The molecule has 0 fully saturated rings. The van der Waals surface area contributed by atoms with Gasteiger partial charge in [-0.05, 0) is 70.8 Å². The first kappa shape index (κ1) is 31.9. The van der Waals surface area contributed by atoms with Crippen LogP contribution in [0.3, 0.4) is 0 Å². The second-order valence-electron chi connectivity index (χ2n) is 14.0. The van der Waals surface area contributed by atoms with Crippen LogP contribution in [0, 0.1) is 0 Å².